The summed E-state index contributed by atoms with van der Waals surface area (Å²) in [6, 6.07) is 1.78. The zero-order chi connectivity index (χ0) is 9.14. The molecule has 0 amide bonds. The van der Waals surface area contributed by atoms with Crippen molar-refractivity contribution in [3.05, 3.63) is 32.2 Å². The first kappa shape index (κ1) is 9.48. The molecule has 1 aromatic heterocycles. The maximum absolute atomic E-state index is 11.2. The summed E-state index contributed by atoms with van der Waals surface area (Å²) in [5, 5.41) is 0. The van der Waals surface area contributed by atoms with Crippen molar-refractivity contribution in [2.75, 3.05) is 0 Å². The SMILES string of the molecule is CCc1[nH]c(=O)c(CN)cc1Br. The fraction of sp³-hybridized carbons (Fsp3) is 0.375. The first-order valence-corrected chi connectivity index (χ1v) is 4.59. The van der Waals surface area contributed by atoms with Crippen molar-refractivity contribution < 1.29 is 0 Å². The van der Waals surface area contributed by atoms with Gasteiger partial charge in [0, 0.05) is 22.3 Å². The Kier molecular flexibility index (Phi) is 3.05. The third kappa shape index (κ3) is 1.76. The van der Waals surface area contributed by atoms with Gasteiger partial charge in [-0.2, -0.15) is 0 Å². The molecule has 0 aromatic carbocycles. The van der Waals surface area contributed by atoms with Crippen LogP contribution < -0.4 is 11.3 Å². The average Bonchev–Trinajstić information content (AvgIpc) is 2.08. The molecule has 0 bridgehead atoms. The number of halogens is 1. The van der Waals surface area contributed by atoms with E-state index in [0.717, 1.165) is 16.6 Å². The van der Waals surface area contributed by atoms with Gasteiger partial charge in [-0.3, -0.25) is 4.79 Å². The van der Waals surface area contributed by atoms with E-state index < -0.39 is 0 Å². The van der Waals surface area contributed by atoms with Crippen molar-refractivity contribution in [3.63, 3.8) is 0 Å². The molecule has 0 radical (unpaired) electrons. The summed E-state index contributed by atoms with van der Waals surface area (Å²) in [5.74, 6) is 0. The van der Waals surface area contributed by atoms with Crippen LogP contribution in [0.4, 0.5) is 0 Å². The smallest absolute Gasteiger partial charge is 0.252 e. The van der Waals surface area contributed by atoms with Crippen molar-refractivity contribution in [1.82, 2.24) is 4.98 Å². The van der Waals surface area contributed by atoms with Crippen LogP contribution in [0.1, 0.15) is 18.2 Å². The minimum atomic E-state index is -0.0856. The second-order valence-electron chi connectivity index (χ2n) is 2.51. The van der Waals surface area contributed by atoms with Crippen LogP contribution in [0.15, 0.2) is 15.3 Å². The Hall–Kier alpha value is -0.610. The highest BCUT2D eigenvalue weighted by atomic mass is 79.9. The van der Waals surface area contributed by atoms with Crippen LogP contribution in [0.5, 0.6) is 0 Å². The molecule has 0 saturated carbocycles. The fourth-order valence-corrected chi connectivity index (χ4v) is 1.65. The van der Waals surface area contributed by atoms with Gasteiger partial charge in [-0.25, -0.2) is 0 Å². The third-order valence-corrected chi connectivity index (χ3v) is 2.43. The Morgan fingerprint density at radius 3 is 2.83 bits per heavy atom. The molecule has 0 saturated heterocycles. The number of hydrogen-bond acceptors (Lipinski definition) is 2. The van der Waals surface area contributed by atoms with Gasteiger partial charge in [-0.1, -0.05) is 6.92 Å². The van der Waals surface area contributed by atoms with Crippen LogP contribution in [-0.4, -0.2) is 4.98 Å². The minimum absolute atomic E-state index is 0.0856. The van der Waals surface area contributed by atoms with Crippen LogP contribution in [0, 0.1) is 0 Å². The lowest BCUT2D eigenvalue weighted by Crippen LogP contribution is -2.17. The Labute approximate surface area is 79.1 Å². The highest BCUT2D eigenvalue weighted by molar-refractivity contribution is 9.10. The highest BCUT2D eigenvalue weighted by Crippen LogP contribution is 2.13. The molecule has 1 rings (SSSR count). The van der Waals surface area contributed by atoms with E-state index in [1.165, 1.54) is 0 Å². The van der Waals surface area contributed by atoms with Gasteiger partial charge in [-0.15, -0.1) is 0 Å². The third-order valence-electron chi connectivity index (χ3n) is 1.72. The molecule has 0 spiro atoms. The number of H-pyrrole nitrogens is 1. The van der Waals surface area contributed by atoms with Gasteiger partial charge in [-0.05, 0) is 28.4 Å². The molecule has 0 aliphatic rings. The Balaban J connectivity index is 3.26. The summed E-state index contributed by atoms with van der Waals surface area (Å²) in [4.78, 5) is 14.0. The second-order valence-corrected chi connectivity index (χ2v) is 3.36. The first-order chi connectivity index (χ1) is 5.69. The Morgan fingerprint density at radius 2 is 2.33 bits per heavy atom. The van der Waals surface area contributed by atoms with E-state index in [-0.39, 0.29) is 12.1 Å². The van der Waals surface area contributed by atoms with Crippen molar-refractivity contribution >= 4 is 15.9 Å². The molecule has 0 unspecified atom stereocenters. The molecule has 0 aliphatic heterocycles. The zero-order valence-electron chi connectivity index (χ0n) is 6.86. The topological polar surface area (TPSA) is 58.9 Å². The summed E-state index contributed by atoms with van der Waals surface area (Å²) < 4.78 is 0.921. The van der Waals surface area contributed by atoms with E-state index >= 15 is 0 Å². The number of nitrogens with one attached hydrogen (secondary N) is 1. The van der Waals surface area contributed by atoms with Gasteiger partial charge in [0.2, 0.25) is 0 Å². The monoisotopic (exact) mass is 230 g/mol. The number of pyridine rings is 1. The summed E-state index contributed by atoms with van der Waals surface area (Å²) in [6.07, 6.45) is 0.806. The van der Waals surface area contributed by atoms with Gasteiger partial charge in [0.1, 0.15) is 0 Å². The molecule has 0 fully saturated rings. The summed E-state index contributed by atoms with van der Waals surface area (Å²) >= 11 is 3.36. The average molecular weight is 231 g/mol. The minimum Gasteiger partial charge on any atom is -0.326 e. The fourth-order valence-electron chi connectivity index (χ4n) is 0.992. The van der Waals surface area contributed by atoms with Gasteiger partial charge in [0.15, 0.2) is 0 Å². The van der Waals surface area contributed by atoms with Crippen LogP contribution in [0.25, 0.3) is 0 Å². The molecule has 3 N–H and O–H groups in total. The van der Waals surface area contributed by atoms with E-state index in [9.17, 15) is 4.79 Å². The van der Waals surface area contributed by atoms with Crippen LogP contribution in [0.3, 0.4) is 0 Å². The molecule has 1 aromatic rings. The molecule has 3 nitrogen and oxygen atoms in total. The lowest BCUT2D eigenvalue weighted by atomic mass is 10.2. The maximum atomic E-state index is 11.2. The van der Waals surface area contributed by atoms with E-state index in [4.69, 9.17) is 5.73 Å². The van der Waals surface area contributed by atoms with Gasteiger partial charge in [0.25, 0.3) is 5.56 Å². The lowest BCUT2D eigenvalue weighted by Gasteiger charge is -2.02. The van der Waals surface area contributed by atoms with E-state index in [2.05, 4.69) is 20.9 Å². The molecule has 66 valence electrons. The van der Waals surface area contributed by atoms with Gasteiger partial charge < -0.3 is 10.7 Å². The zero-order valence-corrected chi connectivity index (χ0v) is 8.44. The quantitative estimate of drug-likeness (QED) is 0.802. The summed E-state index contributed by atoms with van der Waals surface area (Å²) in [5.41, 5.74) is 6.81. The number of hydrogen-bond donors (Lipinski definition) is 2. The first-order valence-electron chi connectivity index (χ1n) is 3.79. The van der Waals surface area contributed by atoms with E-state index in [0.29, 0.717) is 5.56 Å². The Bertz CT molecular complexity index is 332. The molecular formula is C8H11BrN2O. The number of rotatable bonds is 2. The van der Waals surface area contributed by atoms with Crippen molar-refractivity contribution in [2.45, 2.75) is 19.9 Å². The van der Waals surface area contributed by atoms with Crippen molar-refractivity contribution in [2.24, 2.45) is 5.73 Å². The van der Waals surface area contributed by atoms with Crippen molar-refractivity contribution in [1.29, 1.82) is 0 Å². The van der Waals surface area contributed by atoms with Crippen molar-refractivity contribution in [3.8, 4) is 0 Å². The van der Waals surface area contributed by atoms with Crippen LogP contribution in [-0.2, 0) is 13.0 Å². The maximum Gasteiger partial charge on any atom is 0.252 e. The predicted molar refractivity (Wildman–Crippen MR) is 52.0 cm³/mol. The summed E-state index contributed by atoms with van der Waals surface area (Å²) in [7, 11) is 0. The number of nitrogens with two attached hydrogens (primary N) is 1. The largest absolute Gasteiger partial charge is 0.326 e. The van der Waals surface area contributed by atoms with Crippen LogP contribution in [0.2, 0.25) is 0 Å². The summed E-state index contributed by atoms with van der Waals surface area (Å²) in [6.45, 7) is 2.26. The molecular weight excluding hydrogens is 220 g/mol. The lowest BCUT2D eigenvalue weighted by molar-refractivity contribution is 0.946. The number of aromatic nitrogens is 1. The predicted octanol–water partition coefficient (Wildman–Crippen LogP) is 1.16. The van der Waals surface area contributed by atoms with E-state index in [1.807, 2.05) is 6.92 Å². The molecule has 0 aliphatic carbocycles. The van der Waals surface area contributed by atoms with Crippen LogP contribution >= 0.6 is 15.9 Å². The number of aromatic amines is 1. The standard InChI is InChI=1S/C8H11BrN2O/c1-2-7-6(9)3-5(4-10)8(12)11-7/h3H,2,4,10H2,1H3,(H,11,12). The second kappa shape index (κ2) is 3.87. The van der Waals surface area contributed by atoms with Gasteiger partial charge in [0.05, 0.1) is 0 Å². The number of aryl methyl sites for hydroxylation is 1. The normalized spacial score (nSPS) is 10.2. The molecule has 1 heterocycles. The van der Waals surface area contributed by atoms with Gasteiger partial charge >= 0.3 is 0 Å². The molecule has 0 atom stereocenters. The Morgan fingerprint density at radius 1 is 1.67 bits per heavy atom. The highest BCUT2D eigenvalue weighted by Gasteiger charge is 2.02. The molecule has 4 heteroatoms. The van der Waals surface area contributed by atoms with E-state index in [1.54, 1.807) is 6.07 Å². The molecule has 12 heavy (non-hydrogen) atoms.